The third kappa shape index (κ3) is 3.00. The Hall–Kier alpha value is -5.34. The average molecular weight is 564 g/mol. The molecule has 0 saturated heterocycles. The molecule has 0 bridgehead atoms. The van der Waals surface area contributed by atoms with Crippen molar-refractivity contribution in [3.8, 4) is 28.3 Å². The Morgan fingerprint density at radius 2 is 1.30 bits per heavy atom. The minimum Gasteiger partial charge on any atom is -0.457 e. The zero-order valence-electron chi connectivity index (χ0n) is 24.4. The molecule has 1 unspecified atom stereocenters. The first-order chi connectivity index (χ1) is 21.7. The van der Waals surface area contributed by atoms with E-state index < -0.39 is 5.41 Å². The first-order valence-corrected chi connectivity index (χ1v) is 15.6. The maximum atomic E-state index is 6.83. The SMILES string of the molecule is CC1C=c2ccc(-n3c4ccccc4c4cc5c(cc43)C3(c4ccccc4O5)c4ccccc4-c4ccccc43)cc2=CC1. The highest BCUT2D eigenvalue weighted by Crippen LogP contribution is 2.62. The van der Waals surface area contributed by atoms with Gasteiger partial charge in [-0.05, 0) is 81.4 Å². The third-order valence-electron chi connectivity index (χ3n) is 10.1. The Labute approximate surface area is 255 Å². The second-order valence-electron chi connectivity index (χ2n) is 12.6. The number of para-hydroxylation sites is 2. The van der Waals surface area contributed by atoms with Crippen molar-refractivity contribution >= 4 is 34.0 Å². The van der Waals surface area contributed by atoms with Crippen LogP contribution in [0.1, 0.15) is 35.6 Å². The van der Waals surface area contributed by atoms with Crippen LogP contribution >= 0.6 is 0 Å². The zero-order chi connectivity index (χ0) is 29.0. The van der Waals surface area contributed by atoms with Gasteiger partial charge in [-0.25, -0.2) is 0 Å². The van der Waals surface area contributed by atoms with E-state index in [0.717, 1.165) is 17.9 Å². The Morgan fingerprint density at radius 1 is 0.591 bits per heavy atom. The first-order valence-electron chi connectivity index (χ1n) is 15.6. The van der Waals surface area contributed by atoms with Gasteiger partial charge in [0.1, 0.15) is 11.5 Å². The normalized spacial score (nSPS) is 16.7. The topological polar surface area (TPSA) is 14.2 Å². The molecule has 208 valence electrons. The molecule has 0 amide bonds. The fourth-order valence-corrected chi connectivity index (χ4v) is 8.31. The summed E-state index contributed by atoms with van der Waals surface area (Å²) in [6, 6.07) is 46.9. The molecule has 2 heterocycles. The van der Waals surface area contributed by atoms with E-state index in [2.05, 4.69) is 151 Å². The Bertz CT molecular complexity index is 2430. The van der Waals surface area contributed by atoms with Crippen LogP contribution in [0.25, 0.3) is 50.8 Å². The molecule has 3 aliphatic rings. The average Bonchev–Trinajstić information content (AvgIpc) is 3.55. The summed E-state index contributed by atoms with van der Waals surface area (Å²) in [4.78, 5) is 0. The van der Waals surface area contributed by atoms with Crippen LogP contribution in [0, 0.1) is 5.92 Å². The van der Waals surface area contributed by atoms with E-state index in [0.29, 0.717) is 5.92 Å². The molecular weight excluding hydrogens is 534 g/mol. The fourth-order valence-electron chi connectivity index (χ4n) is 8.31. The van der Waals surface area contributed by atoms with Crippen LogP contribution in [0.2, 0.25) is 0 Å². The second kappa shape index (κ2) is 8.61. The maximum absolute atomic E-state index is 6.83. The van der Waals surface area contributed by atoms with Gasteiger partial charge in [0.05, 0.1) is 16.4 Å². The van der Waals surface area contributed by atoms with Gasteiger partial charge in [0, 0.05) is 27.6 Å². The minimum absolute atomic E-state index is 0.485. The zero-order valence-corrected chi connectivity index (χ0v) is 24.4. The van der Waals surface area contributed by atoms with Crippen molar-refractivity contribution in [2.45, 2.75) is 18.8 Å². The van der Waals surface area contributed by atoms with Crippen LogP contribution in [0.3, 0.4) is 0 Å². The molecule has 1 atom stereocenters. The van der Waals surface area contributed by atoms with E-state index in [-0.39, 0.29) is 0 Å². The fraction of sp³-hybridized carbons (Fsp3) is 0.0952. The number of ether oxygens (including phenoxy) is 1. The van der Waals surface area contributed by atoms with Gasteiger partial charge < -0.3 is 9.30 Å². The molecular formula is C42H29NO. The summed E-state index contributed by atoms with van der Waals surface area (Å²) in [5.74, 6) is 2.42. The van der Waals surface area contributed by atoms with E-state index in [4.69, 9.17) is 4.74 Å². The second-order valence-corrected chi connectivity index (χ2v) is 12.6. The summed E-state index contributed by atoms with van der Waals surface area (Å²) in [6.45, 7) is 2.29. The monoisotopic (exact) mass is 563 g/mol. The van der Waals surface area contributed by atoms with Gasteiger partial charge in [0.25, 0.3) is 0 Å². The summed E-state index contributed by atoms with van der Waals surface area (Å²) in [5.41, 5.74) is 10.7. The number of hydrogen-bond acceptors (Lipinski definition) is 1. The minimum atomic E-state index is -0.485. The molecule has 2 nitrogen and oxygen atoms in total. The summed E-state index contributed by atoms with van der Waals surface area (Å²) < 4.78 is 9.29. The first kappa shape index (κ1) is 24.1. The highest BCUT2D eigenvalue weighted by atomic mass is 16.5. The number of benzene rings is 6. The Balaban J connectivity index is 1.36. The lowest BCUT2D eigenvalue weighted by Crippen LogP contribution is -2.32. The number of hydrogen-bond donors (Lipinski definition) is 0. The number of aromatic nitrogens is 1. The molecule has 10 rings (SSSR count). The highest BCUT2D eigenvalue weighted by Gasteiger charge is 2.51. The van der Waals surface area contributed by atoms with E-state index >= 15 is 0 Å². The molecule has 0 radical (unpaired) electrons. The molecule has 2 aliphatic carbocycles. The molecule has 7 aromatic rings. The van der Waals surface area contributed by atoms with E-state index in [9.17, 15) is 0 Å². The van der Waals surface area contributed by atoms with Crippen molar-refractivity contribution in [1.82, 2.24) is 4.57 Å². The van der Waals surface area contributed by atoms with E-state index in [1.807, 2.05) is 0 Å². The molecule has 1 aliphatic heterocycles. The number of fused-ring (bicyclic) bond motifs is 13. The lowest BCUT2D eigenvalue weighted by molar-refractivity contribution is 0.437. The summed E-state index contributed by atoms with van der Waals surface area (Å²) >= 11 is 0. The van der Waals surface area contributed by atoms with Gasteiger partial charge in [0.15, 0.2) is 0 Å². The van der Waals surface area contributed by atoms with Crippen LogP contribution < -0.4 is 15.2 Å². The van der Waals surface area contributed by atoms with Crippen molar-refractivity contribution in [3.05, 3.63) is 160 Å². The maximum Gasteiger partial charge on any atom is 0.133 e. The van der Waals surface area contributed by atoms with Crippen LogP contribution in [0.5, 0.6) is 11.5 Å². The third-order valence-corrected chi connectivity index (χ3v) is 10.1. The van der Waals surface area contributed by atoms with Gasteiger partial charge in [-0.2, -0.15) is 0 Å². The van der Waals surface area contributed by atoms with E-state index in [1.54, 1.807) is 0 Å². The molecule has 0 N–H and O–H groups in total. The van der Waals surface area contributed by atoms with Crippen LogP contribution in [0.4, 0.5) is 0 Å². The molecule has 0 saturated carbocycles. The van der Waals surface area contributed by atoms with Crippen LogP contribution in [0.15, 0.2) is 127 Å². The smallest absolute Gasteiger partial charge is 0.133 e. The Morgan fingerprint density at radius 3 is 2.11 bits per heavy atom. The summed E-state index contributed by atoms with van der Waals surface area (Å²) in [6.07, 6.45) is 5.87. The highest BCUT2D eigenvalue weighted by molar-refractivity contribution is 6.10. The molecule has 44 heavy (non-hydrogen) atoms. The van der Waals surface area contributed by atoms with Crippen molar-refractivity contribution in [2.24, 2.45) is 5.92 Å². The predicted octanol–water partition coefficient (Wildman–Crippen LogP) is 8.85. The van der Waals surface area contributed by atoms with Crippen LogP contribution in [-0.4, -0.2) is 4.57 Å². The lowest BCUT2D eigenvalue weighted by atomic mass is 9.66. The Kier molecular flexibility index (Phi) is 4.72. The van der Waals surface area contributed by atoms with Gasteiger partial charge >= 0.3 is 0 Å². The number of nitrogens with zero attached hydrogens (tertiary/aromatic N) is 1. The number of rotatable bonds is 1. The van der Waals surface area contributed by atoms with Crippen LogP contribution in [-0.2, 0) is 5.41 Å². The van der Waals surface area contributed by atoms with Gasteiger partial charge in [0.2, 0.25) is 0 Å². The van der Waals surface area contributed by atoms with Crippen molar-refractivity contribution in [3.63, 3.8) is 0 Å². The molecule has 1 spiro atoms. The molecule has 2 heteroatoms. The lowest BCUT2D eigenvalue weighted by Gasteiger charge is -2.39. The standard InChI is InChI=1S/C42H29NO/c1-26-18-19-28-23-29(21-20-27(28)22-26)43-38-16-8-4-12-32(38)33-24-41-37(25-39(33)43)42(36-15-7-9-17-40(36)44-41)34-13-5-2-10-30(34)31-11-3-6-14-35(31)42/h2-17,19-26H,18H2,1H3. The van der Waals surface area contributed by atoms with Crippen molar-refractivity contribution in [2.75, 3.05) is 0 Å². The quantitative estimate of drug-likeness (QED) is 0.195. The predicted molar refractivity (Wildman–Crippen MR) is 180 cm³/mol. The molecule has 1 aromatic heterocycles. The summed E-state index contributed by atoms with van der Waals surface area (Å²) in [5, 5.41) is 5.08. The largest absolute Gasteiger partial charge is 0.457 e. The summed E-state index contributed by atoms with van der Waals surface area (Å²) in [7, 11) is 0. The molecule has 6 aromatic carbocycles. The van der Waals surface area contributed by atoms with E-state index in [1.165, 1.54) is 71.3 Å². The van der Waals surface area contributed by atoms with Gasteiger partial charge in [-0.1, -0.05) is 110 Å². The van der Waals surface area contributed by atoms with Crippen molar-refractivity contribution < 1.29 is 4.74 Å². The van der Waals surface area contributed by atoms with Crippen molar-refractivity contribution in [1.29, 1.82) is 0 Å². The molecule has 0 fully saturated rings. The van der Waals surface area contributed by atoms with Gasteiger partial charge in [-0.3, -0.25) is 0 Å². The van der Waals surface area contributed by atoms with Gasteiger partial charge in [-0.15, -0.1) is 0 Å².